The molecule has 1 aromatic heterocycles. The highest BCUT2D eigenvalue weighted by Gasteiger charge is 2.14. The summed E-state index contributed by atoms with van der Waals surface area (Å²) in [6, 6.07) is 0. The van der Waals surface area contributed by atoms with E-state index in [9.17, 15) is 0 Å². The standard InChI is InChI=1S/C11H20N2OS/c1-4-6-10(14-5-2)11-13-9(7-12-3)8-15-11/h8,10,12H,4-7H2,1-3H3. The highest BCUT2D eigenvalue weighted by atomic mass is 32.1. The van der Waals surface area contributed by atoms with Gasteiger partial charge in [0.05, 0.1) is 5.69 Å². The molecular weight excluding hydrogens is 208 g/mol. The lowest BCUT2D eigenvalue weighted by Gasteiger charge is -2.12. The van der Waals surface area contributed by atoms with E-state index in [1.807, 2.05) is 14.0 Å². The lowest BCUT2D eigenvalue weighted by atomic mass is 10.2. The summed E-state index contributed by atoms with van der Waals surface area (Å²) >= 11 is 1.70. The van der Waals surface area contributed by atoms with Gasteiger partial charge >= 0.3 is 0 Å². The van der Waals surface area contributed by atoms with Crippen LogP contribution in [0.25, 0.3) is 0 Å². The smallest absolute Gasteiger partial charge is 0.122 e. The van der Waals surface area contributed by atoms with Crippen LogP contribution >= 0.6 is 11.3 Å². The van der Waals surface area contributed by atoms with Crippen LogP contribution in [-0.2, 0) is 11.3 Å². The van der Waals surface area contributed by atoms with E-state index >= 15 is 0 Å². The summed E-state index contributed by atoms with van der Waals surface area (Å²) in [6.07, 6.45) is 2.38. The number of thiazole rings is 1. The molecular formula is C11H20N2OS. The lowest BCUT2D eigenvalue weighted by molar-refractivity contribution is 0.0554. The van der Waals surface area contributed by atoms with E-state index in [1.54, 1.807) is 11.3 Å². The van der Waals surface area contributed by atoms with E-state index in [4.69, 9.17) is 4.74 Å². The zero-order valence-corrected chi connectivity index (χ0v) is 10.6. The van der Waals surface area contributed by atoms with Crippen LogP contribution in [0.3, 0.4) is 0 Å². The van der Waals surface area contributed by atoms with Crippen LogP contribution in [0.2, 0.25) is 0 Å². The minimum absolute atomic E-state index is 0.190. The molecule has 1 atom stereocenters. The Morgan fingerprint density at radius 3 is 2.93 bits per heavy atom. The van der Waals surface area contributed by atoms with Gasteiger partial charge < -0.3 is 10.1 Å². The molecule has 0 spiro atoms. The minimum atomic E-state index is 0.190. The summed E-state index contributed by atoms with van der Waals surface area (Å²) in [7, 11) is 1.94. The molecule has 86 valence electrons. The number of aromatic nitrogens is 1. The van der Waals surface area contributed by atoms with Crippen LogP contribution in [0.15, 0.2) is 5.38 Å². The number of hydrogen-bond donors (Lipinski definition) is 1. The Kier molecular flexibility index (Phi) is 5.83. The topological polar surface area (TPSA) is 34.1 Å². The van der Waals surface area contributed by atoms with Gasteiger partial charge in [-0.2, -0.15) is 0 Å². The van der Waals surface area contributed by atoms with E-state index < -0.39 is 0 Å². The largest absolute Gasteiger partial charge is 0.371 e. The van der Waals surface area contributed by atoms with Crippen molar-refractivity contribution in [3.8, 4) is 0 Å². The van der Waals surface area contributed by atoms with Crippen LogP contribution in [0.5, 0.6) is 0 Å². The molecule has 4 heteroatoms. The molecule has 1 unspecified atom stereocenters. The molecule has 0 aliphatic heterocycles. The summed E-state index contributed by atoms with van der Waals surface area (Å²) in [5.74, 6) is 0. The quantitative estimate of drug-likeness (QED) is 0.779. The molecule has 1 N–H and O–H groups in total. The van der Waals surface area contributed by atoms with Gasteiger partial charge in [0.25, 0.3) is 0 Å². The predicted octanol–water partition coefficient (Wildman–Crippen LogP) is 2.74. The molecule has 1 heterocycles. The first kappa shape index (κ1) is 12.6. The van der Waals surface area contributed by atoms with Crippen molar-refractivity contribution in [2.45, 2.75) is 39.3 Å². The zero-order chi connectivity index (χ0) is 11.1. The van der Waals surface area contributed by atoms with Gasteiger partial charge in [-0.25, -0.2) is 4.98 Å². The van der Waals surface area contributed by atoms with Crippen molar-refractivity contribution in [2.75, 3.05) is 13.7 Å². The number of hydrogen-bond acceptors (Lipinski definition) is 4. The van der Waals surface area contributed by atoms with Crippen molar-refractivity contribution >= 4 is 11.3 Å². The second kappa shape index (κ2) is 6.93. The van der Waals surface area contributed by atoms with E-state index in [2.05, 4.69) is 22.6 Å². The SMILES string of the molecule is CCCC(OCC)c1nc(CNC)cs1. The second-order valence-electron chi connectivity index (χ2n) is 3.44. The van der Waals surface area contributed by atoms with Gasteiger partial charge in [-0.05, 0) is 20.4 Å². The van der Waals surface area contributed by atoms with Crippen molar-refractivity contribution in [2.24, 2.45) is 0 Å². The fraction of sp³-hybridized carbons (Fsp3) is 0.727. The summed E-state index contributed by atoms with van der Waals surface area (Å²) in [5, 5.41) is 6.32. The van der Waals surface area contributed by atoms with E-state index in [0.29, 0.717) is 0 Å². The van der Waals surface area contributed by atoms with Crippen LogP contribution in [0, 0.1) is 0 Å². The maximum Gasteiger partial charge on any atom is 0.122 e. The van der Waals surface area contributed by atoms with E-state index in [-0.39, 0.29) is 6.10 Å². The number of rotatable bonds is 7. The Hall–Kier alpha value is -0.450. The predicted molar refractivity (Wildman–Crippen MR) is 64.2 cm³/mol. The highest BCUT2D eigenvalue weighted by molar-refractivity contribution is 7.09. The summed E-state index contributed by atoms with van der Waals surface area (Å²) in [5.41, 5.74) is 1.11. The zero-order valence-electron chi connectivity index (χ0n) is 9.75. The molecule has 0 saturated heterocycles. The molecule has 0 aliphatic rings. The third kappa shape index (κ3) is 3.89. The monoisotopic (exact) mass is 228 g/mol. The second-order valence-corrected chi connectivity index (χ2v) is 4.33. The molecule has 0 radical (unpaired) electrons. The third-order valence-electron chi connectivity index (χ3n) is 2.12. The Balaban J connectivity index is 2.63. The molecule has 0 aromatic carbocycles. The first-order chi connectivity index (χ1) is 7.31. The van der Waals surface area contributed by atoms with Crippen molar-refractivity contribution in [3.63, 3.8) is 0 Å². The van der Waals surface area contributed by atoms with Crippen LogP contribution in [-0.4, -0.2) is 18.6 Å². The molecule has 3 nitrogen and oxygen atoms in total. The number of nitrogens with zero attached hydrogens (tertiary/aromatic N) is 1. The lowest BCUT2D eigenvalue weighted by Crippen LogP contribution is -2.07. The normalized spacial score (nSPS) is 13.0. The van der Waals surface area contributed by atoms with Crippen molar-refractivity contribution in [3.05, 3.63) is 16.1 Å². The molecule has 0 fully saturated rings. The fourth-order valence-corrected chi connectivity index (χ4v) is 2.37. The Morgan fingerprint density at radius 2 is 2.33 bits per heavy atom. The summed E-state index contributed by atoms with van der Waals surface area (Å²) in [4.78, 5) is 4.57. The van der Waals surface area contributed by atoms with Crippen molar-refractivity contribution < 1.29 is 4.74 Å². The number of nitrogens with one attached hydrogen (secondary N) is 1. The van der Waals surface area contributed by atoms with E-state index in [1.165, 1.54) is 0 Å². The first-order valence-corrected chi connectivity index (χ1v) is 6.40. The van der Waals surface area contributed by atoms with Gasteiger partial charge in [-0.3, -0.25) is 0 Å². The van der Waals surface area contributed by atoms with Gasteiger partial charge in [-0.15, -0.1) is 11.3 Å². The van der Waals surface area contributed by atoms with Crippen molar-refractivity contribution in [1.29, 1.82) is 0 Å². The minimum Gasteiger partial charge on any atom is -0.371 e. The molecule has 0 bridgehead atoms. The molecule has 1 aromatic rings. The molecule has 15 heavy (non-hydrogen) atoms. The fourth-order valence-electron chi connectivity index (χ4n) is 1.47. The first-order valence-electron chi connectivity index (χ1n) is 5.52. The third-order valence-corrected chi connectivity index (χ3v) is 3.11. The molecule has 1 rings (SSSR count). The van der Waals surface area contributed by atoms with Crippen LogP contribution in [0.4, 0.5) is 0 Å². The molecule has 0 aliphatic carbocycles. The Bertz CT molecular complexity index is 269. The maximum absolute atomic E-state index is 5.69. The Morgan fingerprint density at radius 1 is 1.53 bits per heavy atom. The van der Waals surface area contributed by atoms with Gasteiger partial charge in [0, 0.05) is 18.5 Å². The van der Waals surface area contributed by atoms with Gasteiger partial charge in [0.2, 0.25) is 0 Å². The highest BCUT2D eigenvalue weighted by Crippen LogP contribution is 2.25. The number of ether oxygens (including phenoxy) is 1. The Labute approximate surface area is 95.9 Å². The summed E-state index contributed by atoms with van der Waals surface area (Å²) in [6.45, 7) is 5.80. The van der Waals surface area contributed by atoms with Crippen LogP contribution < -0.4 is 5.32 Å². The molecule has 0 amide bonds. The van der Waals surface area contributed by atoms with E-state index in [0.717, 1.165) is 36.7 Å². The maximum atomic E-state index is 5.69. The van der Waals surface area contributed by atoms with Crippen molar-refractivity contribution in [1.82, 2.24) is 10.3 Å². The summed E-state index contributed by atoms with van der Waals surface area (Å²) < 4.78 is 5.69. The van der Waals surface area contributed by atoms with Gasteiger partial charge in [0.15, 0.2) is 0 Å². The average Bonchev–Trinajstić information content (AvgIpc) is 2.67. The average molecular weight is 228 g/mol. The van der Waals surface area contributed by atoms with Gasteiger partial charge in [-0.1, -0.05) is 13.3 Å². The molecule has 0 saturated carbocycles. The van der Waals surface area contributed by atoms with Gasteiger partial charge in [0.1, 0.15) is 11.1 Å². The van der Waals surface area contributed by atoms with Crippen LogP contribution in [0.1, 0.15) is 43.5 Å².